The molecule has 0 aliphatic carbocycles. The van der Waals surface area contributed by atoms with Crippen LogP contribution in [0.1, 0.15) is 30.0 Å². The molecule has 1 aromatic heterocycles. The summed E-state index contributed by atoms with van der Waals surface area (Å²) in [6, 6.07) is 2.44. The van der Waals surface area contributed by atoms with Crippen molar-refractivity contribution < 1.29 is 9.15 Å². The van der Waals surface area contributed by atoms with Crippen molar-refractivity contribution >= 4 is 0 Å². The van der Waals surface area contributed by atoms with Crippen molar-refractivity contribution in [1.82, 2.24) is 10.2 Å². The summed E-state index contributed by atoms with van der Waals surface area (Å²) in [6.07, 6.45) is 0. The second kappa shape index (κ2) is 7.56. The zero-order chi connectivity index (χ0) is 13.5. The average Bonchev–Trinajstić information content (AvgIpc) is 2.65. The van der Waals surface area contributed by atoms with Crippen LogP contribution in [0.25, 0.3) is 0 Å². The van der Waals surface area contributed by atoms with E-state index < -0.39 is 0 Å². The van der Waals surface area contributed by atoms with Gasteiger partial charge in [-0.15, -0.1) is 0 Å². The highest BCUT2D eigenvalue weighted by atomic mass is 16.5. The quantitative estimate of drug-likeness (QED) is 0.771. The summed E-state index contributed by atoms with van der Waals surface area (Å²) in [7, 11) is 3.84. The molecule has 0 spiro atoms. The van der Waals surface area contributed by atoms with Gasteiger partial charge in [-0.25, -0.2) is 0 Å². The van der Waals surface area contributed by atoms with Crippen LogP contribution in [0.15, 0.2) is 10.5 Å². The molecule has 0 aliphatic heterocycles. The molecule has 0 saturated carbocycles. The smallest absolute Gasteiger partial charge is 0.105 e. The van der Waals surface area contributed by atoms with Crippen LogP contribution in [-0.4, -0.2) is 45.3 Å². The van der Waals surface area contributed by atoms with Gasteiger partial charge in [0.2, 0.25) is 0 Å². The first-order valence-corrected chi connectivity index (χ1v) is 6.52. The van der Waals surface area contributed by atoms with Gasteiger partial charge in [-0.3, -0.25) is 0 Å². The standard InChI is InChI=1S/C14H26N2O2/c1-11-10-14(13(3)18-11)12(2)15-6-7-16(4)8-9-17-5/h10,12,15H,6-9H2,1-5H3. The lowest BCUT2D eigenvalue weighted by molar-refractivity contribution is 0.161. The van der Waals surface area contributed by atoms with Crippen LogP contribution in [0.5, 0.6) is 0 Å². The van der Waals surface area contributed by atoms with Crippen LogP contribution in [0.4, 0.5) is 0 Å². The highest BCUT2D eigenvalue weighted by Crippen LogP contribution is 2.20. The number of hydrogen-bond acceptors (Lipinski definition) is 4. The van der Waals surface area contributed by atoms with Crippen molar-refractivity contribution in [2.45, 2.75) is 26.8 Å². The highest BCUT2D eigenvalue weighted by Gasteiger charge is 2.11. The SMILES string of the molecule is COCCN(C)CCNC(C)c1cc(C)oc1C. The van der Waals surface area contributed by atoms with E-state index >= 15 is 0 Å². The summed E-state index contributed by atoms with van der Waals surface area (Å²) >= 11 is 0. The summed E-state index contributed by atoms with van der Waals surface area (Å²) < 4.78 is 10.6. The lowest BCUT2D eigenvalue weighted by Crippen LogP contribution is -2.32. The zero-order valence-corrected chi connectivity index (χ0v) is 12.2. The van der Waals surface area contributed by atoms with E-state index in [0.29, 0.717) is 6.04 Å². The molecule has 1 rings (SSSR count). The average molecular weight is 254 g/mol. The molecule has 0 bridgehead atoms. The topological polar surface area (TPSA) is 37.6 Å². The molecule has 104 valence electrons. The van der Waals surface area contributed by atoms with Gasteiger partial charge in [-0.05, 0) is 33.9 Å². The summed E-state index contributed by atoms with van der Waals surface area (Å²) in [6.45, 7) is 9.91. The number of ether oxygens (including phenoxy) is 1. The lowest BCUT2D eigenvalue weighted by Gasteiger charge is -2.18. The number of likely N-dealkylation sites (N-methyl/N-ethyl adjacent to an activating group) is 1. The van der Waals surface area contributed by atoms with Gasteiger partial charge in [0, 0.05) is 38.3 Å². The molecule has 1 unspecified atom stereocenters. The first kappa shape index (κ1) is 15.2. The molecule has 0 radical (unpaired) electrons. The molecule has 0 aliphatic rings. The fourth-order valence-electron chi connectivity index (χ4n) is 2.02. The molecule has 1 aromatic rings. The summed E-state index contributed by atoms with van der Waals surface area (Å²) in [5.41, 5.74) is 1.26. The Morgan fingerprint density at radius 1 is 1.39 bits per heavy atom. The van der Waals surface area contributed by atoms with Crippen LogP contribution in [0.2, 0.25) is 0 Å². The first-order valence-electron chi connectivity index (χ1n) is 6.52. The third-order valence-electron chi connectivity index (χ3n) is 3.17. The molecule has 0 amide bonds. The van der Waals surface area contributed by atoms with Crippen LogP contribution in [-0.2, 0) is 4.74 Å². The van der Waals surface area contributed by atoms with Crippen molar-refractivity contribution in [3.63, 3.8) is 0 Å². The van der Waals surface area contributed by atoms with E-state index in [1.54, 1.807) is 7.11 Å². The minimum Gasteiger partial charge on any atom is -0.466 e. The molecular weight excluding hydrogens is 228 g/mol. The monoisotopic (exact) mass is 254 g/mol. The van der Waals surface area contributed by atoms with Crippen molar-refractivity contribution in [3.8, 4) is 0 Å². The lowest BCUT2D eigenvalue weighted by atomic mass is 10.1. The Morgan fingerprint density at radius 2 is 2.11 bits per heavy atom. The Balaban J connectivity index is 2.29. The fourth-order valence-corrected chi connectivity index (χ4v) is 2.02. The third kappa shape index (κ3) is 4.80. The number of aryl methyl sites for hydroxylation is 2. The second-order valence-electron chi connectivity index (χ2n) is 4.84. The maximum absolute atomic E-state index is 5.55. The molecule has 1 atom stereocenters. The van der Waals surface area contributed by atoms with Gasteiger partial charge in [0.05, 0.1) is 6.61 Å². The Bertz CT molecular complexity index is 350. The Labute approximate surface area is 110 Å². The molecular formula is C14H26N2O2. The predicted octanol–water partition coefficient (Wildman–Crippen LogP) is 2.13. The van der Waals surface area contributed by atoms with Gasteiger partial charge in [0.1, 0.15) is 11.5 Å². The van der Waals surface area contributed by atoms with E-state index in [4.69, 9.17) is 9.15 Å². The molecule has 18 heavy (non-hydrogen) atoms. The van der Waals surface area contributed by atoms with Gasteiger partial charge in [-0.2, -0.15) is 0 Å². The Morgan fingerprint density at radius 3 is 2.67 bits per heavy atom. The highest BCUT2D eigenvalue weighted by molar-refractivity contribution is 5.23. The minimum absolute atomic E-state index is 0.332. The van der Waals surface area contributed by atoms with E-state index in [2.05, 4.69) is 30.3 Å². The van der Waals surface area contributed by atoms with Crippen LogP contribution < -0.4 is 5.32 Å². The van der Waals surface area contributed by atoms with E-state index in [1.807, 2.05) is 13.8 Å². The molecule has 0 aromatic carbocycles. The first-order chi connectivity index (χ1) is 8.54. The Hall–Kier alpha value is -0.840. The van der Waals surface area contributed by atoms with E-state index in [-0.39, 0.29) is 0 Å². The molecule has 4 heteroatoms. The number of furan rings is 1. The summed E-state index contributed by atoms with van der Waals surface area (Å²) in [5, 5.41) is 3.52. The maximum atomic E-state index is 5.55. The van der Waals surface area contributed by atoms with Gasteiger partial charge >= 0.3 is 0 Å². The zero-order valence-electron chi connectivity index (χ0n) is 12.2. The van der Waals surface area contributed by atoms with Crippen molar-refractivity contribution in [3.05, 3.63) is 23.2 Å². The fraction of sp³-hybridized carbons (Fsp3) is 0.714. The number of hydrogen-bond donors (Lipinski definition) is 1. The predicted molar refractivity (Wildman–Crippen MR) is 74.0 cm³/mol. The van der Waals surface area contributed by atoms with Crippen LogP contribution in [0, 0.1) is 13.8 Å². The molecule has 1 N–H and O–H groups in total. The van der Waals surface area contributed by atoms with Gasteiger partial charge in [-0.1, -0.05) is 0 Å². The van der Waals surface area contributed by atoms with E-state index in [9.17, 15) is 0 Å². The van der Waals surface area contributed by atoms with Gasteiger partial charge < -0.3 is 19.4 Å². The number of nitrogens with zero attached hydrogens (tertiary/aromatic N) is 1. The normalized spacial score (nSPS) is 13.2. The van der Waals surface area contributed by atoms with Crippen molar-refractivity contribution in [1.29, 1.82) is 0 Å². The second-order valence-corrected chi connectivity index (χ2v) is 4.84. The summed E-state index contributed by atoms with van der Waals surface area (Å²) in [4.78, 5) is 2.26. The third-order valence-corrected chi connectivity index (χ3v) is 3.17. The van der Waals surface area contributed by atoms with E-state index in [1.165, 1.54) is 5.56 Å². The van der Waals surface area contributed by atoms with E-state index in [0.717, 1.165) is 37.8 Å². The maximum Gasteiger partial charge on any atom is 0.105 e. The molecule has 0 saturated heterocycles. The number of rotatable bonds is 8. The Kier molecular flexibility index (Phi) is 6.39. The van der Waals surface area contributed by atoms with Crippen LogP contribution in [0.3, 0.4) is 0 Å². The van der Waals surface area contributed by atoms with Crippen LogP contribution >= 0.6 is 0 Å². The van der Waals surface area contributed by atoms with Crippen molar-refractivity contribution in [2.24, 2.45) is 0 Å². The van der Waals surface area contributed by atoms with Crippen molar-refractivity contribution in [2.75, 3.05) is 40.4 Å². The van der Waals surface area contributed by atoms with Gasteiger partial charge in [0.15, 0.2) is 0 Å². The largest absolute Gasteiger partial charge is 0.466 e. The molecule has 0 fully saturated rings. The molecule has 1 heterocycles. The minimum atomic E-state index is 0.332. The number of nitrogens with one attached hydrogen (secondary N) is 1. The summed E-state index contributed by atoms with van der Waals surface area (Å²) in [5.74, 6) is 1.99. The van der Waals surface area contributed by atoms with Gasteiger partial charge in [0.25, 0.3) is 0 Å². The number of methoxy groups -OCH3 is 1. The molecule has 4 nitrogen and oxygen atoms in total.